The third-order valence-corrected chi connectivity index (χ3v) is 4.06. The summed E-state index contributed by atoms with van der Waals surface area (Å²) in [4.78, 5) is 14.6. The summed E-state index contributed by atoms with van der Waals surface area (Å²) in [5.74, 6) is 0.832. The zero-order valence-corrected chi connectivity index (χ0v) is 13.2. The zero-order chi connectivity index (χ0) is 14.5. The number of esters is 1. The first-order chi connectivity index (χ1) is 9.60. The average molecular weight is 282 g/mol. The average Bonchev–Trinajstić information content (AvgIpc) is 3.25. The summed E-state index contributed by atoms with van der Waals surface area (Å²) in [5.41, 5.74) is 0. The van der Waals surface area contributed by atoms with Crippen LogP contribution in [-0.2, 0) is 9.53 Å². The minimum atomic E-state index is -0.157. The van der Waals surface area contributed by atoms with Crippen molar-refractivity contribution in [3.63, 3.8) is 0 Å². The Morgan fingerprint density at radius 2 is 2.00 bits per heavy atom. The molecule has 20 heavy (non-hydrogen) atoms. The Labute approximate surface area is 123 Å². The molecule has 0 amide bonds. The highest BCUT2D eigenvalue weighted by molar-refractivity contribution is 5.75. The lowest BCUT2D eigenvalue weighted by Crippen LogP contribution is -2.44. The first kappa shape index (κ1) is 15.8. The van der Waals surface area contributed by atoms with E-state index < -0.39 is 0 Å². The minimum Gasteiger partial charge on any atom is -0.465 e. The van der Waals surface area contributed by atoms with E-state index in [4.69, 9.17) is 4.74 Å². The molecule has 2 fully saturated rings. The van der Waals surface area contributed by atoms with Crippen LogP contribution in [0.5, 0.6) is 0 Å². The number of nitrogens with one attached hydrogen (secondary N) is 1. The van der Waals surface area contributed by atoms with Crippen molar-refractivity contribution in [3.8, 4) is 0 Å². The molecule has 0 saturated heterocycles. The second kappa shape index (κ2) is 7.41. The zero-order valence-electron chi connectivity index (χ0n) is 13.2. The van der Waals surface area contributed by atoms with E-state index in [1.807, 2.05) is 6.92 Å². The van der Waals surface area contributed by atoms with Crippen LogP contribution in [0, 0.1) is 5.92 Å². The topological polar surface area (TPSA) is 41.6 Å². The number of ether oxygens (including phenoxy) is 1. The number of nitrogens with zero attached hydrogens (tertiary/aromatic N) is 1. The first-order valence-electron chi connectivity index (χ1n) is 8.26. The van der Waals surface area contributed by atoms with Gasteiger partial charge < -0.3 is 15.0 Å². The van der Waals surface area contributed by atoms with Gasteiger partial charge in [-0.05, 0) is 44.9 Å². The minimum absolute atomic E-state index is 0.0941. The maximum absolute atomic E-state index is 12.0. The van der Waals surface area contributed by atoms with Gasteiger partial charge in [0, 0.05) is 25.2 Å². The Morgan fingerprint density at radius 1 is 1.30 bits per heavy atom. The van der Waals surface area contributed by atoms with Crippen LogP contribution in [-0.4, -0.2) is 48.7 Å². The van der Waals surface area contributed by atoms with E-state index in [1.54, 1.807) is 0 Å². The van der Waals surface area contributed by atoms with Crippen molar-refractivity contribution in [2.24, 2.45) is 5.92 Å². The van der Waals surface area contributed by atoms with E-state index in [0.29, 0.717) is 12.6 Å². The van der Waals surface area contributed by atoms with Crippen molar-refractivity contribution >= 4 is 5.97 Å². The molecule has 2 aliphatic carbocycles. The molecule has 0 aromatic heterocycles. The summed E-state index contributed by atoms with van der Waals surface area (Å²) < 4.78 is 5.19. The van der Waals surface area contributed by atoms with Crippen LogP contribution >= 0.6 is 0 Å². The highest BCUT2D eigenvalue weighted by Gasteiger charge is 2.34. The maximum Gasteiger partial charge on any atom is 0.323 e. The number of carbonyl (C=O) groups excluding carboxylic acids is 1. The third-order valence-electron chi connectivity index (χ3n) is 4.06. The second-order valence-corrected chi connectivity index (χ2v) is 6.58. The SMILES string of the molecule is CCOC(=O)C(CCN(CC1CC1)C1CC1)NC(C)C. The van der Waals surface area contributed by atoms with Gasteiger partial charge in [-0.15, -0.1) is 0 Å². The molecule has 0 spiro atoms. The molecule has 0 bridgehead atoms. The number of hydrogen-bond donors (Lipinski definition) is 1. The van der Waals surface area contributed by atoms with Gasteiger partial charge in [0.15, 0.2) is 0 Å². The molecule has 4 nitrogen and oxygen atoms in total. The van der Waals surface area contributed by atoms with Crippen LogP contribution in [0.15, 0.2) is 0 Å². The fourth-order valence-electron chi connectivity index (χ4n) is 2.70. The summed E-state index contributed by atoms with van der Waals surface area (Å²) >= 11 is 0. The molecular formula is C16H30N2O2. The second-order valence-electron chi connectivity index (χ2n) is 6.58. The van der Waals surface area contributed by atoms with Crippen LogP contribution in [0.25, 0.3) is 0 Å². The molecule has 1 N–H and O–H groups in total. The van der Waals surface area contributed by atoms with Gasteiger partial charge in [0.2, 0.25) is 0 Å². The summed E-state index contributed by atoms with van der Waals surface area (Å²) in [6, 6.07) is 0.940. The number of rotatable bonds is 10. The molecule has 116 valence electrons. The molecule has 1 atom stereocenters. The summed E-state index contributed by atoms with van der Waals surface area (Å²) in [7, 11) is 0. The molecule has 4 heteroatoms. The number of hydrogen-bond acceptors (Lipinski definition) is 4. The van der Waals surface area contributed by atoms with E-state index >= 15 is 0 Å². The molecule has 2 aliphatic rings. The van der Waals surface area contributed by atoms with Crippen LogP contribution in [0.2, 0.25) is 0 Å². The highest BCUT2D eigenvalue weighted by atomic mass is 16.5. The molecule has 0 radical (unpaired) electrons. The van der Waals surface area contributed by atoms with E-state index in [1.165, 1.54) is 32.2 Å². The van der Waals surface area contributed by atoms with Crippen LogP contribution in [0.3, 0.4) is 0 Å². The van der Waals surface area contributed by atoms with Crippen molar-refractivity contribution in [1.29, 1.82) is 0 Å². The molecular weight excluding hydrogens is 252 g/mol. The Morgan fingerprint density at radius 3 is 2.50 bits per heavy atom. The van der Waals surface area contributed by atoms with Gasteiger partial charge in [-0.25, -0.2) is 0 Å². The Balaban J connectivity index is 1.80. The fraction of sp³-hybridized carbons (Fsp3) is 0.938. The van der Waals surface area contributed by atoms with Gasteiger partial charge in [0.1, 0.15) is 6.04 Å². The molecule has 1 unspecified atom stereocenters. The lowest BCUT2D eigenvalue weighted by molar-refractivity contribution is -0.146. The molecule has 0 heterocycles. The van der Waals surface area contributed by atoms with Gasteiger partial charge in [0.25, 0.3) is 0 Å². The van der Waals surface area contributed by atoms with Gasteiger partial charge >= 0.3 is 5.97 Å². The molecule has 2 rings (SSSR count). The smallest absolute Gasteiger partial charge is 0.323 e. The predicted molar refractivity (Wildman–Crippen MR) is 80.6 cm³/mol. The Kier molecular flexibility index (Phi) is 5.85. The lowest BCUT2D eigenvalue weighted by atomic mass is 10.1. The molecule has 0 aromatic rings. The third kappa shape index (κ3) is 5.41. The highest BCUT2D eigenvalue weighted by Crippen LogP contribution is 2.34. The molecule has 0 aliphatic heterocycles. The van der Waals surface area contributed by atoms with Gasteiger partial charge in [0.05, 0.1) is 6.61 Å². The van der Waals surface area contributed by atoms with E-state index in [2.05, 4.69) is 24.1 Å². The van der Waals surface area contributed by atoms with Crippen molar-refractivity contribution in [3.05, 3.63) is 0 Å². The quantitative estimate of drug-likeness (QED) is 0.624. The van der Waals surface area contributed by atoms with Gasteiger partial charge in [-0.2, -0.15) is 0 Å². The summed E-state index contributed by atoms with van der Waals surface area (Å²) in [6.07, 6.45) is 6.34. The Hall–Kier alpha value is -0.610. The van der Waals surface area contributed by atoms with Crippen molar-refractivity contribution < 1.29 is 9.53 Å². The standard InChI is InChI=1S/C16H30N2O2/c1-4-20-16(19)15(17-12(2)3)9-10-18(14-7-8-14)11-13-5-6-13/h12-15,17H,4-11H2,1-3H3. The van der Waals surface area contributed by atoms with E-state index in [9.17, 15) is 4.79 Å². The molecule has 2 saturated carbocycles. The molecule has 0 aromatic carbocycles. The fourth-order valence-corrected chi connectivity index (χ4v) is 2.70. The largest absolute Gasteiger partial charge is 0.465 e. The van der Waals surface area contributed by atoms with Crippen LogP contribution in [0.1, 0.15) is 52.9 Å². The van der Waals surface area contributed by atoms with Crippen molar-refractivity contribution in [2.45, 2.75) is 71.0 Å². The van der Waals surface area contributed by atoms with Crippen molar-refractivity contribution in [2.75, 3.05) is 19.7 Å². The van der Waals surface area contributed by atoms with Crippen LogP contribution < -0.4 is 5.32 Å². The normalized spacial score (nSPS) is 20.4. The number of carbonyl (C=O) groups is 1. The van der Waals surface area contributed by atoms with Crippen molar-refractivity contribution in [1.82, 2.24) is 10.2 Å². The lowest BCUT2D eigenvalue weighted by Gasteiger charge is -2.25. The first-order valence-corrected chi connectivity index (χ1v) is 8.26. The van der Waals surface area contributed by atoms with Gasteiger partial charge in [-0.3, -0.25) is 4.79 Å². The van der Waals surface area contributed by atoms with Gasteiger partial charge in [-0.1, -0.05) is 13.8 Å². The van der Waals surface area contributed by atoms with Crippen LogP contribution in [0.4, 0.5) is 0 Å². The summed E-state index contributed by atoms with van der Waals surface area (Å²) in [5, 5.41) is 3.35. The maximum atomic E-state index is 12.0. The predicted octanol–water partition coefficient (Wildman–Crippen LogP) is 2.18. The monoisotopic (exact) mass is 282 g/mol. The van der Waals surface area contributed by atoms with E-state index in [0.717, 1.165) is 24.9 Å². The van der Waals surface area contributed by atoms with E-state index in [-0.39, 0.29) is 12.0 Å². The Bertz CT molecular complexity index is 312. The summed E-state index contributed by atoms with van der Waals surface area (Å²) in [6.45, 7) is 8.74.